The monoisotopic (exact) mass is 871 g/mol. The minimum Gasteiger partial charge on any atom is -0.309 e. The maximum atomic E-state index is 5.55. The average molecular weight is 872 g/mol. The Labute approximate surface area is 389 Å². The second-order valence-electron chi connectivity index (χ2n) is 17.1. The van der Waals surface area contributed by atoms with Crippen molar-refractivity contribution in [2.45, 2.75) is 0 Å². The van der Waals surface area contributed by atoms with Crippen LogP contribution >= 0.6 is 11.3 Å². The van der Waals surface area contributed by atoms with Gasteiger partial charge >= 0.3 is 0 Å². The Hall–Kier alpha value is -8.71. The second-order valence-corrected chi connectivity index (χ2v) is 18.2. The maximum Gasteiger partial charge on any atom is 0.166 e. The van der Waals surface area contributed by atoms with Gasteiger partial charge in [0.1, 0.15) is 0 Å². The van der Waals surface area contributed by atoms with Gasteiger partial charge in [0.15, 0.2) is 17.5 Å². The SMILES string of the molecule is c1ccc(-c2nc(-c3ccc(-n4c5ccccc5c5cc6ccccc6cc54)cc3-c3cccc4c3sc3ccccc34)nc(-c3cccc4c5ccccc5n(-c5ccccc5)c34)n2)cc1. The van der Waals surface area contributed by atoms with E-state index in [-0.39, 0.29) is 0 Å². The number of rotatable bonds is 6. The van der Waals surface area contributed by atoms with Crippen LogP contribution in [-0.4, -0.2) is 24.1 Å². The van der Waals surface area contributed by atoms with Gasteiger partial charge in [0.05, 0.1) is 22.1 Å². The number of fused-ring (bicyclic) bond motifs is 10. The third-order valence-electron chi connectivity index (χ3n) is 13.4. The van der Waals surface area contributed by atoms with E-state index >= 15 is 0 Å². The first-order valence-corrected chi connectivity index (χ1v) is 23.4. The van der Waals surface area contributed by atoms with Crippen LogP contribution in [0.25, 0.3) is 131 Å². The summed E-state index contributed by atoms with van der Waals surface area (Å²) >= 11 is 1.84. The van der Waals surface area contributed by atoms with Crippen molar-refractivity contribution in [3.05, 3.63) is 224 Å². The number of hydrogen-bond acceptors (Lipinski definition) is 4. The molecule has 0 aliphatic rings. The molecule has 4 aromatic heterocycles. The van der Waals surface area contributed by atoms with Crippen molar-refractivity contribution in [1.29, 1.82) is 0 Å². The molecule has 0 bridgehead atoms. The van der Waals surface area contributed by atoms with E-state index < -0.39 is 0 Å². The minimum atomic E-state index is 0.608. The summed E-state index contributed by atoms with van der Waals surface area (Å²) in [6.07, 6.45) is 0. The van der Waals surface area contributed by atoms with Crippen molar-refractivity contribution in [3.8, 4) is 56.7 Å². The van der Waals surface area contributed by atoms with Crippen LogP contribution in [0.15, 0.2) is 224 Å². The van der Waals surface area contributed by atoms with Crippen LogP contribution in [0, 0.1) is 0 Å². The van der Waals surface area contributed by atoms with Gasteiger partial charge < -0.3 is 9.13 Å². The zero-order valence-electron chi connectivity index (χ0n) is 36.0. The Bertz CT molecular complexity index is 4280. The molecule has 0 radical (unpaired) electrons. The minimum absolute atomic E-state index is 0.608. The van der Waals surface area contributed by atoms with Gasteiger partial charge in [-0.3, -0.25) is 0 Å². The molecule has 14 aromatic rings. The van der Waals surface area contributed by atoms with Gasteiger partial charge in [0.25, 0.3) is 0 Å². The first kappa shape index (κ1) is 37.6. The molecule has 0 aliphatic carbocycles. The van der Waals surface area contributed by atoms with Crippen molar-refractivity contribution in [1.82, 2.24) is 24.1 Å². The van der Waals surface area contributed by atoms with Gasteiger partial charge in [0, 0.05) is 75.3 Å². The molecule has 0 amide bonds. The third kappa shape index (κ3) is 5.90. The first-order chi connectivity index (χ1) is 33.2. The van der Waals surface area contributed by atoms with Crippen LogP contribution in [0.2, 0.25) is 0 Å². The van der Waals surface area contributed by atoms with Crippen molar-refractivity contribution >= 4 is 85.9 Å². The third-order valence-corrected chi connectivity index (χ3v) is 14.6. The quantitative estimate of drug-likeness (QED) is 0.167. The summed E-state index contributed by atoms with van der Waals surface area (Å²) in [6, 6.07) is 80.3. The summed E-state index contributed by atoms with van der Waals surface area (Å²) in [4.78, 5) is 16.3. The highest BCUT2D eigenvalue weighted by Gasteiger charge is 2.23. The highest BCUT2D eigenvalue weighted by molar-refractivity contribution is 7.26. The molecule has 0 fully saturated rings. The van der Waals surface area contributed by atoms with Crippen LogP contribution in [-0.2, 0) is 0 Å². The molecule has 14 rings (SSSR count). The Morgan fingerprint density at radius 1 is 0.313 bits per heavy atom. The second kappa shape index (κ2) is 14.9. The normalized spacial score (nSPS) is 11.9. The van der Waals surface area contributed by atoms with Gasteiger partial charge in [-0.2, -0.15) is 0 Å². The Morgan fingerprint density at radius 3 is 1.69 bits per heavy atom. The van der Waals surface area contributed by atoms with Crippen LogP contribution in [0.4, 0.5) is 0 Å². The number of nitrogens with zero attached hydrogens (tertiary/aromatic N) is 5. The highest BCUT2D eigenvalue weighted by Crippen LogP contribution is 2.45. The van der Waals surface area contributed by atoms with Crippen molar-refractivity contribution in [2.24, 2.45) is 0 Å². The van der Waals surface area contributed by atoms with Crippen molar-refractivity contribution in [2.75, 3.05) is 0 Å². The van der Waals surface area contributed by atoms with Crippen LogP contribution < -0.4 is 0 Å². The molecular formula is C61H37N5S. The molecular weight excluding hydrogens is 835 g/mol. The Kier molecular flexibility index (Phi) is 8.38. The molecule has 0 aliphatic heterocycles. The highest BCUT2D eigenvalue weighted by atomic mass is 32.1. The lowest BCUT2D eigenvalue weighted by Crippen LogP contribution is -2.03. The summed E-state index contributed by atoms with van der Waals surface area (Å²) in [6.45, 7) is 0. The molecule has 5 nitrogen and oxygen atoms in total. The molecule has 10 aromatic carbocycles. The zero-order valence-corrected chi connectivity index (χ0v) is 36.8. The van der Waals surface area contributed by atoms with E-state index in [4.69, 9.17) is 15.0 Å². The molecule has 0 unspecified atom stereocenters. The molecule has 6 heteroatoms. The molecule has 0 saturated carbocycles. The summed E-state index contributed by atoms with van der Waals surface area (Å²) < 4.78 is 7.26. The molecule has 0 spiro atoms. The predicted octanol–water partition coefficient (Wildman–Crippen LogP) is 16.3. The lowest BCUT2D eigenvalue weighted by molar-refractivity contribution is 1.07. The molecule has 0 saturated heterocycles. The molecule has 67 heavy (non-hydrogen) atoms. The van der Waals surface area contributed by atoms with Gasteiger partial charge in [-0.05, 0) is 83.1 Å². The number of aromatic nitrogens is 5. The fourth-order valence-electron chi connectivity index (χ4n) is 10.4. The largest absolute Gasteiger partial charge is 0.309 e. The van der Waals surface area contributed by atoms with Crippen LogP contribution in [0.3, 0.4) is 0 Å². The van der Waals surface area contributed by atoms with E-state index in [2.05, 4.69) is 215 Å². The van der Waals surface area contributed by atoms with Crippen molar-refractivity contribution < 1.29 is 0 Å². The van der Waals surface area contributed by atoms with E-state index in [1.165, 1.54) is 47.1 Å². The number of hydrogen-bond donors (Lipinski definition) is 0. The van der Waals surface area contributed by atoms with Gasteiger partial charge in [0.2, 0.25) is 0 Å². The summed E-state index contributed by atoms with van der Waals surface area (Å²) in [5.41, 5.74) is 11.6. The zero-order chi connectivity index (χ0) is 44.0. The predicted molar refractivity (Wildman–Crippen MR) is 281 cm³/mol. The van der Waals surface area contributed by atoms with E-state index in [1.807, 2.05) is 29.5 Å². The van der Waals surface area contributed by atoms with Crippen LogP contribution in [0.1, 0.15) is 0 Å². The van der Waals surface area contributed by atoms with E-state index in [0.717, 1.165) is 66.6 Å². The van der Waals surface area contributed by atoms with Crippen molar-refractivity contribution in [3.63, 3.8) is 0 Å². The molecule has 0 N–H and O–H groups in total. The van der Waals surface area contributed by atoms with Crippen LogP contribution in [0.5, 0.6) is 0 Å². The number of para-hydroxylation sites is 4. The Balaban J connectivity index is 1.07. The number of benzene rings is 10. The summed E-state index contributed by atoms with van der Waals surface area (Å²) in [7, 11) is 0. The van der Waals surface area contributed by atoms with Gasteiger partial charge in [-0.1, -0.05) is 158 Å². The summed E-state index contributed by atoms with van der Waals surface area (Å²) in [5.74, 6) is 1.83. The average Bonchev–Trinajstić information content (AvgIpc) is 4.06. The molecule has 4 heterocycles. The fraction of sp³-hybridized carbons (Fsp3) is 0. The lowest BCUT2D eigenvalue weighted by Gasteiger charge is -2.16. The van der Waals surface area contributed by atoms with E-state index in [0.29, 0.717) is 17.5 Å². The molecule has 0 atom stereocenters. The molecule has 312 valence electrons. The van der Waals surface area contributed by atoms with E-state index in [9.17, 15) is 0 Å². The smallest absolute Gasteiger partial charge is 0.166 e. The topological polar surface area (TPSA) is 48.5 Å². The Morgan fingerprint density at radius 2 is 0.896 bits per heavy atom. The van der Waals surface area contributed by atoms with E-state index in [1.54, 1.807) is 0 Å². The first-order valence-electron chi connectivity index (χ1n) is 22.6. The standard InChI is InChI=1S/C61H37N5S/c1-3-17-38(18-4-1)59-62-60(64-61(63-59)50-29-15-26-46-43-23-9-13-31-54(43)66(57(46)50)41-21-5-2-6-22-41)49-34-33-42(37-51(49)48-28-16-27-47-45-25-11-14-32-56(45)67-58(47)48)65-53-30-12-10-24-44(53)52-35-39-19-7-8-20-40(39)36-55(52)65/h1-37H. The van der Waals surface area contributed by atoms with Gasteiger partial charge in [-0.25, -0.2) is 15.0 Å². The number of thiophene rings is 1. The lowest BCUT2D eigenvalue weighted by atomic mass is 9.96. The summed E-state index contributed by atoms with van der Waals surface area (Å²) in [5, 5.41) is 9.68. The fourth-order valence-corrected chi connectivity index (χ4v) is 11.6. The van der Waals surface area contributed by atoms with Gasteiger partial charge in [-0.15, -0.1) is 11.3 Å². The maximum absolute atomic E-state index is 5.55.